The number of aromatic nitrogens is 3. The molecule has 0 bridgehead atoms. The van der Waals surface area contributed by atoms with Crippen LogP contribution in [-0.4, -0.2) is 63.9 Å². The normalized spacial score (nSPS) is 15.8. The number of carbonyl (C=O) groups is 1. The lowest BCUT2D eigenvalue weighted by Gasteiger charge is -2.32. The van der Waals surface area contributed by atoms with Gasteiger partial charge < -0.3 is 15.5 Å². The summed E-state index contributed by atoms with van der Waals surface area (Å²) < 4.78 is 30.4. The zero-order valence-electron chi connectivity index (χ0n) is 22.6. The number of benzene rings is 2. The van der Waals surface area contributed by atoms with Crippen LogP contribution >= 0.6 is 0 Å². The molecule has 4 aromatic rings. The molecule has 1 aliphatic heterocycles. The molecule has 1 amide bonds. The van der Waals surface area contributed by atoms with Crippen LogP contribution < -0.4 is 10.6 Å². The van der Waals surface area contributed by atoms with Crippen molar-refractivity contribution in [1.29, 1.82) is 0 Å². The highest BCUT2D eigenvalue weighted by molar-refractivity contribution is 6.04. The van der Waals surface area contributed by atoms with E-state index in [1.807, 2.05) is 37.1 Å². The summed E-state index contributed by atoms with van der Waals surface area (Å²) in [6.45, 7) is 3.33. The molecular formula is C30H31F2N7O. The van der Waals surface area contributed by atoms with Gasteiger partial charge in [0.25, 0.3) is 5.91 Å². The lowest BCUT2D eigenvalue weighted by Crippen LogP contribution is -2.44. The van der Waals surface area contributed by atoms with Crippen LogP contribution in [-0.2, 0) is 6.05 Å². The van der Waals surface area contributed by atoms with Gasteiger partial charge in [-0.2, -0.15) is 8.78 Å². The standard InChI is InChI=1S/C30H31F2N7O/c1-20-6-11-24(17-27(20)37-29-34-15-12-26(36-29)22-5-4-14-33-18-22)35-28(40)21-7-9-23(10-8-21)30(31,32)39(3)25-13-16-38(2)19-25/h4-12,14-15,17-18,25H,13,16,19H2,1-3H3,(H,35,40)(H,34,36,37). The predicted octanol–water partition coefficient (Wildman–Crippen LogP) is 5.53. The topological polar surface area (TPSA) is 86.3 Å². The van der Waals surface area contributed by atoms with Gasteiger partial charge in [0.15, 0.2) is 0 Å². The first-order valence-electron chi connectivity index (χ1n) is 13.0. The molecule has 3 heterocycles. The fourth-order valence-corrected chi connectivity index (χ4v) is 4.74. The lowest BCUT2D eigenvalue weighted by atomic mass is 10.1. The smallest absolute Gasteiger partial charge is 0.324 e. The quantitative estimate of drug-likeness (QED) is 0.283. The first kappa shape index (κ1) is 27.3. The Bertz CT molecular complexity index is 1480. The number of nitrogens with zero attached hydrogens (tertiary/aromatic N) is 5. The first-order chi connectivity index (χ1) is 19.2. The highest BCUT2D eigenvalue weighted by Gasteiger charge is 2.42. The van der Waals surface area contributed by atoms with E-state index in [2.05, 4.69) is 25.6 Å². The number of likely N-dealkylation sites (tertiary alicyclic amines) is 1. The molecule has 2 N–H and O–H groups in total. The summed E-state index contributed by atoms with van der Waals surface area (Å²) in [5, 5.41) is 6.06. The van der Waals surface area contributed by atoms with Gasteiger partial charge in [-0.1, -0.05) is 18.2 Å². The minimum atomic E-state index is -3.14. The van der Waals surface area contributed by atoms with Gasteiger partial charge in [0.05, 0.1) is 5.69 Å². The Hall–Kier alpha value is -4.28. The van der Waals surface area contributed by atoms with Crippen LogP contribution in [0.2, 0.25) is 0 Å². The molecule has 1 fully saturated rings. The molecule has 8 nitrogen and oxygen atoms in total. The zero-order valence-corrected chi connectivity index (χ0v) is 22.6. The van der Waals surface area contributed by atoms with E-state index < -0.39 is 12.0 Å². The molecule has 1 atom stereocenters. The summed E-state index contributed by atoms with van der Waals surface area (Å²) >= 11 is 0. The van der Waals surface area contributed by atoms with Crippen molar-refractivity contribution in [3.05, 3.63) is 95.9 Å². The molecule has 1 aliphatic rings. The molecular weight excluding hydrogens is 512 g/mol. The monoisotopic (exact) mass is 543 g/mol. The average molecular weight is 544 g/mol. The molecule has 0 radical (unpaired) electrons. The number of hydrogen-bond donors (Lipinski definition) is 2. The average Bonchev–Trinajstić information content (AvgIpc) is 3.41. The molecule has 206 valence electrons. The van der Waals surface area contributed by atoms with Crippen molar-refractivity contribution in [2.75, 3.05) is 37.8 Å². The Morgan fingerprint density at radius 1 is 1.10 bits per heavy atom. The Balaban J connectivity index is 1.27. The van der Waals surface area contributed by atoms with E-state index in [9.17, 15) is 4.79 Å². The lowest BCUT2D eigenvalue weighted by molar-refractivity contribution is -0.158. The molecule has 5 rings (SSSR count). The van der Waals surface area contributed by atoms with Crippen LogP contribution in [0.1, 0.15) is 27.9 Å². The number of anilines is 3. The van der Waals surface area contributed by atoms with E-state index in [-0.39, 0.29) is 17.2 Å². The molecule has 10 heteroatoms. The van der Waals surface area contributed by atoms with Crippen LogP contribution in [0.5, 0.6) is 0 Å². The molecule has 2 aromatic heterocycles. The SMILES string of the molecule is Cc1ccc(NC(=O)c2ccc(C(F)(F)N(C)C3CCN(C)C3)cc2)cc1Nc1nccc(-c2cccnc2)n1. The fourth-order valence-electron chi connectivity index (χ4n) is 4.74. The van der Waals surface area contributed by atoms with Crippen molar-refractivity contribution >= 4 is 23.2 Å². The highest BCUT2D eigenvalue weighted by Crippen LogP contribution is 2.35. The van der Waals surface area contributed by atoms with Crippen LogP contribution in [0.3, 0.4) is 0 Å². The van der Waals surface area contributed by atoms with E-state index in [4.69, 9.17) is 0 Å². The summed E-state index contributed by atoms with van der Waals surface area (Å²) in [6.07, 6.45) is 5.79. The number of amides is 1. The summed E-state index contributed by atoms with van der Waals surface area (Å²) in [7, 11) is 3.38. The maximum Gasteiger partial charge on any atom is 0.331 e. The van der Waals surface area contributed by atoms with Crippen LogP contribution in [0, 0.1) is 6.92 Å². The maximum absolute atomic E-state index is 15.2. The second-order valence-electron chi connectivity index (χ2n) is 10.1. The van der Waals surface area contributed by atoms with E-state index in [1.54, 1.807) is 36.8 Å². The molecule has 1 saturated heterocycles. The zero-order chi connectivity index (χ0) is 28.3. The number of hydrogen-bond acceptors (Lipinski definition) is 7. The van der Waals surface area contributed by atoms with Gasteiger partial charge in [0.2, 0.25) is 5.95 Å². The van der Waals surface area contributed by atoms with E-state index >= 15 is 8.78 Å². The number of pyridine rings is 1. The Kier molecular flexibility index (Phi) is 7.81. The van der Waals surface area contributed by atoms with Crippen LogP contribution in [0.25, 0.3) is 11.3 Å². The number of aryl methyl sites for hydroxylation is 1. The Morgan fingerprint density at radius 3 is 2.60 bits per heavy atom. The van der Waals surface area contributed by atoms with E-state index in [0.717, 1.165) is 34.0 Å². The van der Waals surface area contributed by atoms with Crippen LogP contribution in [0.4, 0.5) is 26.1 Å². The third-order valence-corrected chi connectivity index (χ3v) is 7.21. The van der Waals surface area contributed by atoms with E-state index in [0.29, 0.717) is 24.6 Å². The van der Waals surface area contributed by atoms with Crippen LogP contribution in [0.15, 0.2) is 79.3 Å². The van der Waals surface area contributed by atoms with Gasteiger partial charge in [-0.05, 0) is 82.0 Å². The minimum absolute atomic E-state index is 0.142. The molecule has 2 aromatic carbocycles. The number of rotatable bonds is 8. The summed E-state index contributed by atoms with van der Waals surface area (Å²) in [4.78, 5) is 29.1. The van der Waals surface area contributed by atoms with Crippen molar-refractivity contribution in [3.8, 4) is 11.3 Å². The van der Waals surface area contributed by atoms with Crippen molar-refractivity contribution in [1.82, 2.24) is 24.8 Å². The van der Waals surface area contributed by atoms with Gasteiger partial charge in [0, 0.05) is 59.2 Å². The largest absolute Gasteiger partial charge is 0.331 e. The summed E-state index contributed by atoms with van der Waals surface area (Å²) in [6, 6.07) is 13.1. The molecule has 0 aliphatic carbocycles. The fraction of sp³-hybridized carbons (Fsp3) is 0.267. The van der Waals surface area contributed by atoms with Gasteiger partial charge in [-0.3, -0.25) is 9.78 Å². The van der Waals surface area contributed by atoms with Gasteiger partial charge in [0.1, 0.15) is 0 Å². The predicted molar refractivity (Wildman–Crippen MR) is 152 cm³/mol. The minimum Gasteiger partial charge on any atom is -0.324 e. The Morgan fingerprint density at radius 2 is 1.90 bits per heavy atom. The maximum atomic E-state index is 15.2. The molecule has 0 saturated carbocycles. The third kappa shape index (κ3) is 5.98. The number of alkyl halides is 2. The molecule has 0 spiro atoms. The summed E-state index contributed by atoms with van der Waals surface area (Å²) in [5.74, 6) is 0.00364. The number of nitrogens with one attached hydrogen (secondary N) is 2. The highest BCUT2D eigenvalue weighted by atomic mass is 19.3. The van der Waals surface area contributed by atoms with Crippen molar-refractivity contribution in [2.45, 2.75) is 25.4 Å². The second kappa shape index (κ2) is 11.4. The van der Waals surface area contributed by atoms with Gasteiger partial charge >= 0.3 is 6.05 Å². The second-order valence-corrected chi connectivity index (χ2v) is 10.1. The van der Waals surface area contributed by atoms with E-state index in [1.165, 1.54) is 31.3 Å². The first-order valence-corrected chi connectivity index (χ1v) is 13.0. The third-order valence-electron chi connectivity index (χ3n) is 7.21. The van der Waals surface area contributed by atoms with Crippen molar-refractivity contribution in [3.63, 3.8) is 0 Å². The Labute approximate surface area is 232 Å². The molecule has 40 heavy (non-hydrogen) atoms. The summed E-state index contributed by atoms with van der Waals surface area (Å²) in [5.41, 5.74) is 3.92. The number of halogens is 2. The van der Waals surface area contributed by atoms with Gasteiger partial charge in [-0.15, -0.1) is 0 Å². The van der Waals surface area contributed by atoms with Gasteiger partial charge in [-0.25, -0.2) is 14.9 Å². The van der Waals surface area contributed by atoms with Crippen molar-refractivity contribution < 1.29 is 13.6 Å². The van der Waals surface area contributed by atoms with Crippen molar-refractivity contribution in [2.24, 2.45) is 0 Å². The molecule has 1 unspecified atom stereocenters. The number of carbonyl (C=O) groups excluding carboxylic acids is 1. The number of likely N-dealkylation sites (N-methyl/N-ethyl adjacent to an activating group) is 2.